The number of fused-ring (bicyclic) bond motifs is 1. The number of hydrogen-bond donors (Lipinski definition) is 1. The van der Waals surface area contributed by atoms with E-state index in [4.69, 9.17) is 9.47 Å². The van der Waals surface area contributed by atoms with Gasteiger partial charge in [0, 0.05) is 18.7 Å². The number of carbonyl (C=O) groups is 2. The Morgan fingerprint density at radius 1 is 1.15 bits per heavy atom. The van der Waals surface area contributed by atoms with Gasteiger partial charge in [0.05, 0.1) is 18.6 Å². The molecule has 1 aromatic rings. The number of aliphatic carboxylic acids is 1. The fourth-order valence-corrected chi connectivity index (χ4v) is 5.06. The summed E-state index contributed by atoms with van der Waals surface area (Å²) in [7, 11) is 1.59. The van der Waals surface area contributed by atoms with Crippen LogP contribution in [0.1, 0.15) is 55.3 Å². The van der Waals surface area contributed by atoms with Crippen molar-refractivity contribution in [2.75, 3.05) is 20.2 Å². The van der Waals surface area contributed by atoms with Crippen molar-refractivity contribution in [2.24, 2.45) is 11.3 Å². The van der Waals surface area contributed by atoms with Crippen molar-refractivity contribution in [2.45, 2.75) is 51.0 Å². The summed E-state index contributed by atoms with van der Waals surface area (Å²) in [6.45, 7) is 0.826. The molecule has 2 saturated carbocycles. The summed E-state index contributed by atoms with van der Waals surface area (Å²) in [5, 5.41) is 9.74. The lowest BCUT2D eigenvalue weighted by Gasteiger charge is -2.23. The largest absolute Gasteiger partial charge is 0.493 e. The smallest absolute Gasteiger partial charge is 0.311 e. The molecule has 2 aliphatic carbocycles. The van der Waals surface area contributed by atoms with Crippen molar-refractivity contribution in [1.82, 2.24) is 4.90 Å². The van der Waals surface area contributed by atoms with Gasteiger partial charge in [-0.2, -0.15) is 0 Å². The molecule has 1 heterocycles. The van der Waals surface area contributed by atoms with Crippen LogP contribution in [0, 0.1) is 11.3 Å². The van der Waals surface area contributed by atoms with Crippen LogP contribution in [0.2, 0.25) is 0 Å². The highest BCUT2D eigenvalue weighted by Gasteiger charge is 2.55. The first-order valence-corrected chi connectivity index (χ1v) is 9.91. The van der Waals surface area contributed by atoms with E-state index in [1.807, 2.05) is 0 Å². The highest BCUT2D eigenvalue weighted by atomic mass is 16.5. The Hall–Kier alpha value is -2.24. The third-order valence-electron chi connectivity index (χ3n) is 6.59. The van der Waals surface area contributed by atoms with E-state index in [9.17, 15) is 14.7 Å². The molecule has 0 spiro atoms. The monoisotopic (exact) mass is 373 g/mol. The van der Waals surface area contributed by atoms with Crippen molar-refractivity contribution in [3.05, 3.63) is 23.8 Å². The summed E-state index contributed by atoms with van der Waals surface area (Å²) in [4.78, 5) is 26.6. The highest BCUT2D eigenvalue weighted by molar-refractivity contribution is 5.96. The van der Waals surface area contributed by atoms with Crippen LogP contribution < -0.4 is 9.47 Å². The average molecular weight is 373 g/mol. The van der Waals surface area contributed by atoms with E-state index in [0.717, 1.165) is 38.5 Å². The lowest BCUT2D eigenvalue weighted by molar-refractivity contribution is -0.149. The Kier molecular flexibility index (Phi) is 4.74. The van der Waals surface area contributed by atoms with Crippen LogP contribution in [0.25, 0.3) is 0 Å². The highest BCUT2D eigenvalue weighted by Crippen LogP contribution is 2.49. The van der Waals surface area contributed by atoms with Crippen molar-refractivity contribution >= 4 is 11.9 Å². The molecule has 146 valence electrons. The number of ether oxygens (including phenoxy) is 2. The Bertz CT molecular complexity index is 742. The molecule has 2 atom stereocenters. The zero-order chi connectivity index (χ0) is 19.0. The number of methoxy groups -OCH3 is 1. The van der Waals surface area contributed by atoms with Gasteiger partial charge in [0.1, 0.15) is 0 Å². The van der Waals surface area contributed by atoms with Crippen molar-refractivity contribution in [1.29, 1.82) is 0 Å². The number of rotatable bonds is 5. The van der Waals surface area contributed by atoms with Gasteiger partial charge < -0.3 is 19.5 Å². The first-order valence-electron chi connectivity index (χ1n) is 9.91. The SMILES string of the molecule is COc1ccc(C(=O)N2C[C@@H]3CCC[C@@]3(C(=O)O)C2)cc1OC1CCCC1. The van der Waals surface area contributed by atoms with Crippen molar-refractivity contribution < 1.29 is 24.2 Å². The molecule has 1 aromatic carbocycles. The predicted octanol–water partition coefficient (Wildman–Crippen LogP) is 3.34. The molecule has 3 fully saturated rings. The van der Waals surface area contributed by atoms with Crippen LogP contribution >= 0.6 is 0 Å². The molecule has 0 bridgehead atoms. The molecular weight excluding hydrogens is 346 g/mol. The number of carbonyl (C=O) groups excluding carboxylic acids is 1. The molecule has 0 unspecified atom stereocenters. The molecule has 0 aromatic heterocycles. The van der Waals surface area contributed by atoms with Crippen LogP contribution in [0.3, 0.4) is 0 Å². The van der Waals surface area contributed by atoms with Gasteiger partial charge in [-0.25, -0.2) is 0 Å². The number of carboxylic acid groups (broad SMARTS) is 1. The zero-order valence-electron chi connectivity index (χ0n) is 15.8. The third-order valence-corrected chi connectivity index (χ3v) is 6.59. The number of carboxylic acids is 1. The van der Waals surface area contributed by atoms with E-state index in [-0.39, 0.29) is 17.9 Å². The first kappa shape index (κ1) is 18.1. The summed E-state index contributed by atoms with van der Waals surface area (Å²) in [5.74, 6) is 0.400. The number of benzene rings is 1. The second kappa shape index (κ2) is 7.06. The van der Waals surface area contributed by atoms with E-state index in [1.165, 1.54) is 0 Å². The average Bonchev–Trinajstić information content (AvgIpc) is 3.36. The van der Waals surface area contributed by atoms with Gasteiger partial charge in [-0.3, -0.25) is 9.59 Å². The van der Waals surface area contributed by atoms with Gasteiger partial charge in [-0.15, -0.1) is 0 Å². The Labute approximate surface area is 159 Å². The van der Waals surface area contributed by atoms with Gasteiger partial charge in [-0.1, -0.05) is 6.42 Å². The summed E-state index contributed by atoms with van der Waals surface area (Å²) in [5.41, 5.74) is -0.227. The second-order valence-corrected chi connectivity index (χ2v) is 8.13. The predicted molar refractivity (Wildman–Crippen MR) is 99.2 cm³/mol. The van der Waals surface area contributed by atoms with E-state index in [2.05, 4.69) is 0 Å². The minimum Gasteiger partial charge on any atom is -0.493 e. The maximum atomic E-state index is 13.1. The molecular formula is C21H27NO5. The summed E-state index contributed by atoms with van der Waals surface area (Å²) in [6.07, 6.45) is 7.03. The molecule has 1 aliphatic heterocycles. The van der Waals surface area contributed by atoms with Crippen molar-refractivity contribution in [3.8, 4) is 11.5 Å². The molecule has 4 rings (SSSR count). The maximum absolute atomic E-state index is 13.1. The molecule has 3 aliphatic rings. The quantitative estimate of drug-likeness (QED) is 0.857. The molecule has 0 radical (unpaired) electrons. The van der Waals surface area contributed by atoms with Crippen LogP contribution in [-0.4, -0.2) is 48.2 Å². The minimum atomic E-state index is -0.764. The normalized spacial score (nSPS) is 27.6. The Morgan fingerprint density at radius 2 is 1.93 bits per heavy atom. The number of likely N-dealkylation sites (tertiary alicyclic amines) is 1. The fourth-order valence-electron chi connectivity index (χ4n) is 5.06. The van der Waals surface area contributed by atoms with E-state index in [0.29, 0.717) is 36.6 Å². The van der Waals surface area contributed by atoms with Gasteiger partial charge in [0.25, 0.3) is 5.91 Å². The van der Waals surface area contributed by atoms with E-state index < -0.39 is 11.4 Å². The standard InChI is InChI=1S/C21H27NO5/c1-26-17-9-8-14(11-18(17)27-16-6-2-3-7-16)19(23)22-12-15-5-4-10-21(15,13-22)20(24)25/h8-9,11,15-16H,2-7,10,12-13H2,1H3,(H,24,25)/t15-,21+/m0/s1. The van der Waals surface area contributed by atoms with E-state index >= 15 is 0 Å². The Morgan fingerprint density at radius 3 is 2.59 bits per heavy atom. The topological polar surface area (TPSA) is 76.1 Å². The molecule has 1 amide bonds. The number of hydrogen-bond acceptors (Lipinski definition) is 4. The second-order valence-electron chi connectivity index (χ2n) is 8.13. The molecule has 1 saturated heterocycles. The number of amides is 1. The maximum Gasteiger partial charge on any atom is 0.311 e. The molecule has 1 N–H and O–H groups in total. The minimum absolute atomic E-state index is 0.0615. The van der Waals surface area contributed by atoms with Crippen molar-refractivity contribution in [3.63, 3.8) is 0 Å². The van der Waals surface area contributed by atoms with Crippen LogP contribution in [0.4, 0.5) is 0 Å². The summed E-state index contributed by atoms with van der Waals surface area (Å²) in [6, 6.07) is 5.26. The van der Waals surface area contributed by atoms with Gasteiger partial charge >= 0.3 is 5.97 Å². The molecule has 6 heteroatoms. The van der Waals surface area contributed by atoms with Gasteiger partial charge in [0.2, 0.25) is 0 Å². The third kappa shape index (κ3) is 3.15. The summed E-state index contributed by atoms with van der Waals surface area (Å²) < 4.78 is 11.5. The first-order chi connectivity index (χ1) is 13.0. The lowest BCUT2D eigenvalue weighted by Crippen LogP contribution is -2.37. The fraction of sp³-hybridized carbons (Fsp3) is 0.619. The van der Waals surface area contributed by atoms with Crippen LogP contribution in [0.15, 0.2) is 18.2 Å². The van der Waals surface area contributed by atoms with Crippen LogP contribution in [0.5, 0.6) is 11.5 Å². The Balaban J connectivity index is 1.54. The molecule has 27 heavy (non-hydrogen) atoms. The summed E-state index contributed by atoms with van der Waals surface area (Å²) >= 11 is 0. The zero-order valence-corrected chi connectivity index (χ0v) is 15.8. The van der Waals surface area contributed by atoms with Gasteiger partial charge in [-0.05, 0) is 62.6 Å². The van der Waals surface area contributed by atoms with Gasteiger partial charge in [0.15, 0.2) is 11.5 Å². The van der Waals surface area contributed by atoms with Crippen LogP contribution in [-0.2, 0) is 4.79 Å². The number of nitrogens with zero attached hydrogens (tertiary/aromatic N) is 1. The van der Waals surface area contributed by atoms with E-state index in [1.54, 1.807) is 30.2 Å². The lowest BCUT2D eigenvalue weighted by atomic mass is 9.81. The molecule has 6 nitrogen and oxygen atoms in total.